The first kappa shape index (κ1) is 30.5. The van der Waals surface area contributed by atoms with Gasteiger partial charge in [0.2, 0.25) is 0 Å². The van der Waals surface area contributed by atoms with E-state index in [4.69, 9.17) is 4.74 Å². The Balaban J connectivity index is 1.67. The molecule has 0 fully saturated rings. The summed E-state index contributed by atoms with van der Waals surface area (Å²) in [5.41, 5.74) is -2.74. The summed E-state index contributed by atoms with van der Waals surface area (Å²) in [7, 11) is 0. The number of hydrogen-bond donors (Lipinski definition) is 0. The molecule has 0 atom stereocenters. The van der Waals surface area contributed by atoms with Crippen LogP contribution >= 0.6 is 15.9 Å². The summed E-state index contributed by atoms with van der Waals surface area (Å²) in [6.07, 6.45) is -7.09. The Morgan fingerprint density at radius 3 is 1.85 bits per heavy atom. The van der Waals surface area contributed by atoms with E-state index in [-0.39, 0.29) is 28.3 Å². The number of alkyl halides is 6. The number of fused-ring (bicyclic) bond motifs is 8. The largest absolute Gasteiger partial charge is 0.472 e. The van der Waals surface area contributed by atoms with Crippen LogP contribution < -0.4 is 4.74 Å². The van der Waals surface area contributed by atoms with Crippen LogP contribution in [0.2, 0.25) is 0 Å². The summed E-state index contributed by atoms with van der Waals surface area (Å²) in [6.45, 7) is 3.70. The molecule has 0 aromatic heterocycles. The lowest BCUT2D eigenvalue weighted by molar-refractivity contribution is -0.142. The maximum Gasteiger partial charge on any atom is 0.417 e. The molecule has 0 unspecified atom stereocenters. The Labute approximate surface area is 266 Å². The fraction of sp³-hybridized carbons (Fsp3) is 0.167. The van der Waals surface area contributed by atoms with Gasteiger partial charge in [0, 0.05) is 32.0 Å². The smallest absolute Gasteiger partial charge is 0.417 e. The minimum Gasteiger partial charge on any atom is -0.472 e. The quantitative estimate of drug-likeness (QED) is 0.167. The van der Waals surface area contributed by atoms with Crippen LogP contribution in [0.5, 0.6) is 5.75 Å². The molecule has 0 amide bonds. The Morgan fingerprint density at radius 1 is 0.717 bits per heavy atom. The Kier molecular flexibility index (Phi) is 6.56. The molecule has 0 saturated heterocycles. The van der Waals surface area contributed by atoms with E-state index in [0.29, 0.717) is 32.3 Å². The van der Waals surface area contributed by atoms with Crippen LogP contribution in [-0.4, -0.2) is 0 Å². The lowest BCUT2D eigenvalue weighted by atomic mass is 9.76. The van der Waals surface area contributed by atoms with Gasteiger partial charge in [-0.3, -0.25) is 0 Å². The molecule has 1 aliphatic heterocycles. The van der Waals surface area contributed by atoms with E-state index in [1.165, 1.54) is 24.3 Å². The van der Waals surface area contributed by atoms with Crippen molar-refractivity contribution < 1.29 is 39.9 Å². The summed E-state index contributed by atoms with van der Waals surface area (Å²) in [5, 5.41) is -0.820. The van der Waals surface area contributed by atoms with Crippen molar-refractivity contribution in [1.82, 2.24) is 0 Å². The fourth-order valence-corrected chi connectivity index (χ4v) is 7.80. The molecule has 0 radical (unpaired) electrons. The molecule has 1 heterocycles. The third-order valence-electron chi connectivity index (χ3n) is 8.86. The molecule has 5 aromatic rings. The van der Waals surface area contributed by atoms with Crippen LogP contribution in [0, 0.1) is 11.6 Å². The number of halogens is 9. The highest BCUT2D eigenvalue weighted by atomic mass is 79.9. The van der Waals surface area contributed by atoms with Crippen molar-refractivity contribution in [3.63, 3.8) is 0 Å². The highest BCUT2D eigenvalue weighted by molar-refractivity contribution is 9.10. The summed E-state index contributed by atoms with van der Waals surface area (Å²) >= 11 is 3.55. The summed E-state index contributed by atoms with van der Waals surface area (Å²) in [4.78, 5) is 0. The zero-order valence-corrected chi connectivity index (χ0v) is 25.6. The molecule has 10 heteroatoms. The van der Waals surface area contributed by atoms with Gasteiger partial charge in [0.1, 0.15) is 17.4 Å². The average Bonchev–Trinajstić information content (AvgIpc) is 3.24. The molecule has 1 nitrogen and oxygen atoms in total. The van der Waals surface area contributed by atoms with Crippen LogP contribution in [0.3, 0.4) is 0 Å². The molecule has 0 saturated carbocycles. The molecule has 0 bridgehead atoms. The van der Waals surface area contributed by atoms with Crippen molar-refractivity contribution in [3.8, 4) is 16.9 Å². The monoisotopic (exact) mass is 700 g/mol. The standard InChI is InChI=1S/C36H21BrF8O/c1-33(2)30-23(4-3-5-27(30)37)28-25-16-20(35(40,41)42)17-26(36(43,44)45)29(25)32-24(31(28)33)14-15-34(46-32,18-6-10-21(38)11-7-18)19-8-12-22(39)13-9-19/h3-17H,1-2H3. The van der Waals surface area contributed by atoms with E-state index < -0.39 is 51.5 Å². The number of ether oxygens (including phenoxy) is 1. The summed E-state index contributed by atoms with van der Waals surface area (Å²) in [6, 6.07) is 16.2. The highest BCUT2D eigenvalue weighted by Crippen LogP contribution is 2.61. The molecular formula is C36H21BrF8O. The molecule has 0 N–H and O–H groups in total. The summed E-state index contributed by atoms with van der Waals surface area (Å²) in [5.74, 6) is -1.45. The second kappa shape index (κ2) is 9.91. The topological polar surface area (TPSA) is 9.23 Å². The van der Waals surface area contributed by atoms with E-state index >= 15 is 0 Å². The lowest BCUT2D eigenvalue weighted by Gasteiger charge is -2.39. The molecule has 0 spiro atoms. The maximum atomic E-state index is 14.9. The Morgan fingerprint density at radius 2 is 1.30 bits per heavy atom. The Hall–Kier alpha value is -4.18. The van der Waals surface area contributed by atoms with Crippen molar-refractivity contribution in [1.29, 1.82) is 0 Å². The van der Waals surface area contributed by atoms with Crippen molar-refractivity contribution in [2.45, 2.75) is 37.2 Å². The van der Waals surface area contributed by atoms with E-state index in [9.17, 15) is 35.1 Å². The maximum absolute atomic E-state index is 14.9. The van der Waals surface area contributed by atoms with E-state index in [0.717, 1.165) is 30.3 Å². The van der Waals surface area contributed by atoms with Gasteiger partial charge in [0.05, 0.1) is 11.1 Å². The van der Waals surface area contributed by atoms with Crippen molar-refractivity contribution in [2.75, 3.05) is 0 Å². The van der Waals surface area contributed by atoms with Crippen LogP contribution in [0.4, 0.5) is 35.1 Å². The van der Waals surface area contributed by atoms with Crippen LogP contribution in [0.1, 0.15) is 52.8 Å². The molecular weight excluding hydrogens is 680 g/mol. The van der Waals surface area contributed by atoms with Gasteiger partial charge < -0.3 is 4.74 Å². The molecule has 46 heavy (non-hydrogen) atoms. The third kappa shape index (κ3) is 4.40. The third-order valence-corrected chi connectivity index (χ3v) is 9.52. The fourth-order valence-electron chi connectivity index (χ4n) is 6.94. The van der Waals surface area contributed by atoms with Gasteiger partial charge >= 0.3 is 12.4 Å². The number of hydrogen-bond acceptors (Lipinski definition) is 1. The van der Waals surface area contributed by atoms with Gasteiger partial charge in [-0.25, -0.2) is 8.78 Å². The minimum atomic E-state index is -5.21. The predicted molar refractivity (Wildman–Crippen MR) is 162 cm³/mol. The van der Waals surface area contributed by atoms with Crippen LogP contribution in [-0.2, 0) is 23.4 Å². The first-order valence-corrected chi connectivity index (χ1v) is 14.9. The zero-order valence-electron chi connectivity index (χ0n) is 24.0. The number of rotatable bonds is 2. The number of benzene rings is 5. The molecule has 5 aromatic carbocycles. The average molecular weight is 701 g/mol. The van der Waals surface area contributed by atoms with Crippen molar-refractivity contribution in [2.24, 2.45) is 0 Å². The van der Waals surface area contributed by atoms with Gasteiger partial charge in [-0.15, -0.1) is 0 Å². The predicted octanol–water partition coefficient (Wildman–Crippen LogP) is 11.6. The molecule has 1 aliphatic carbocycles. The van der Waals surface area contributed by atoms with Gasteiger partial charge in [0.15, 0.2) is 5.60 Å². The zero-order chi connectivity index (χ0) is 33.0. The van der Waals surface area contributed by atoms with Crippen LogP contribution in [0.15, 0.2) is 89.4 Å². The molecule has 7 rings (SSSR count). The first-order valence-electron chi connectivity index (χ1n) is 14.1. The van der Waals surface area contributed by atoms with E-state index in [1.54, 1.807) is 30.4 Å². The van der Waals surface area contributed by atoms with E-state index in [1.807, 2.05) is 13.8 Å². The van der Waals surface area contributed by atoms with Crippen LogP contribution in [0.25, 0.3) is 28.0 Å². The normalized spacial score (nSPS) is 16.2. The summed E-state index contributed by atoms with van der Waals surface area (Å²) < 4.78 is 123. The van der Waals surface area contributed by atoms with Gasteiger partial charge in [0.25, 0.3) is 0 Å². The lowest BCUT2D eigenvalue weighted by Crippen LogP contribution is -2.35. The van der Waals surface area contributed by atoms with Gasteiger partial charge in [-0.2, -0.15) is 26.3 Å². The van der Waals surface area contributed by atoms with Gasteiger partial charge in [-0.05, 0) is 76.2 Å². The minimum absolute atomic E-state index is 0.107. The van der Waals surface area contributed by atoms with Gasteiger partial charge in [-0.1, -0.05) is 72.3 Å². The highest BCUT2D eigenvalue weighted by Gasteiger charge is 2.48. The first-order chi connectivity index (χ1) is 21.5. The Bertz CT molecular complexity index is 2040. The van der Waals surface area contributed by atoms with Crippen molar-refractivity contribution in [3.05, 3.63) is 140 Å². The SMILES string of the molecule is CC1(C)c2c(Br)cccc2-c2c1c1c(c3c(C(F)(F)F)cc(C(F)(F)F)cc23)OC(c2ccc(F)cc2)(c2ccc(F)cc2)C=C1. The van der Waals surface area contributed by atoms with E-state index in [2.05, 4.69) is 15.9 Å². The second-order valence-corrected chi connectivity index (χ2v) is 12.8. The second-order valence-electron chi connectivity index (χ2n) is 11.9. The molecule has 234 valence electrons. The molecule has 2 aliphatic rings. The van der Waals surface area contributed by atoms with Crippen molar-refractivity contribution >= 4 is 32.8 Å².